The largest absolute Gasteiger partial charge is 0.481 e. The average molecular weight is 279 g/mol. The van der Waals surface area contributed by atoms with Crippen molar-refractivity contribution in [3.05, 3.63) is 24.0 Å². The first-order valence-electron chi connectivity index (χ1n) is 6.36. The van der Waals surface area contributed by atoms with Crippen LogP contribution in [0.25, 0.3) is 0 Å². The molecule has 1 unspecified atom stereocenters. The van der Waals surface area contributed by atoms with E-state index in [4.69, 9.17) is 9.84 Å². The highest BCUT2D eigenvalue weighted by atomic mass is 16.5. The fraction of sp³-hybridized carbons (Fsp3) is 0.462. The number of amides is 1. The van der Waals surface area contributed by atoms with Crippen molar-refractivity contribution in [2.45, 2.75) is 12.5 Å². The fourth-order valence-corrected chi connectivity index (χ4v) is 2.14. The lowest BCUT2D eigenvalue weighted by Gasteiger charge is -2.34. The van der Waals surface area contributed by atoms with Gasteiger partial charge in [0.1, 0.15) is 5.69 Å². The summed E-state index contributed by atoms with van der Waals surface area (Å²) in [4.78, 5) is 28.3. The summed E-state index contributed by atoms with van der Waals surface area (Å²) in [5, 5.41) is 11.3. The third kappa shape index (κ3) is 3.45. The summed E-state index contributed by atoms with van der Waals surface area (Å²) in [6, 6.07) is 3.50. The maximum atomic E-state index is 11.6. The predicted molar refractivity (Wildman–Crippen MR) is 71.8 cm³/mol. The number of nitrogens with zero attached hydrogens (tertiary/aromatic N) is 2. The molecule has 1 aromatic rings. The number of carboxylic acid groups (broad SMARTS) is 1. The molecule has 7 heteroatoms. The van der Waals surface area contributed by atoms with Crippen LogP contribution in [0.1, 0.15) is 16.9 Å². The molecule has 20 heavy (non-hydrogen) atoms. The van der Waals surface area contributed by atoms with Crippen molar-refractivity contribution in [2.75, 3.05) is 31.6 Å². The number of nitrogens with one attached hydrogen (secondary N) is 1. The second-order valence-electron chi connectivity index (χ2n) is 4.52. The predicted octanol–water partition coefficient (Wildman–Crippen LogP) is 0.121. The maximum absolute atomic E-state index is 11.6. The van der Waals surface area contributed by atoms with Gasteiger partial charge in [-0.1, -0.05) is 0 Å². The van der Waals surface area contributed by atoms with Gasteiger partial charge in [-0.25, -0.2) is 0 Å². The molecule has 0 saturated carbocycles. The van der Waals surface area contributed by atoms with Gasteiger partial charge in [-0.15, -0.1) is 0 Å². The summed E-state index contributed by atoms with van der Waals surface area (Å²) in [6.45, 7) is 1.62. The molecule has 0 spiro atoms. The highest BCUT2D eigenvalue weighted by Gasteiger charge is 2.23. The van der Waals surface area contributed by atoms with Gasteiger partial charge in [0.2, 0.25) is 0 Å². The third-order valence-corrected chi connectivity index (χ3v) is 3.11. The second-order valence-corrected chi connectivity index (χ2v) is 4.52. The van der Waals surface area contributed by atoms with Crippen LogP contribution < -0.4 is 10.2 Å². The van der Waals surface area contributed by atoms with E-state index in [2.05, 4.69) is 10.3 Å². The summed E-state index contributed by atoms with van der Waals surface area (Å²) in [5.41, 5.74) is 1.18. The molecule has 108 valence electrons. The number of pyridine rings is 1. The first-order valence-corrected chi connectivity index (χ1v) is 6.36. The molecule has 2 N–H and O–H groups in total. The highest BCUT2D eigenvalue weighted by Crippen LogP contribution is 2.19. The molecule has 1 aliphatic rings. The van der Waals surface area contributed by atoms with Crippen LogP contribution in [0.3, 0.4) is 0 Å². The lowest BCUT2D eigenvalue weighted by molar-refractivity contribution is -0.140. The van der Waals surface area contributed by atoms with Gasteiger partial charge in [0.15, 0.2) is 0 Å². The number of carbonyl (C=O) groups excluding carboxylic acids is 1. The van der Waals surface area contributed by atoms with Gasteiger partial charge in [-0.2, -0.15) is 0 Å². The zero-order valence-corrected chi connectivity index (χ0v) is 11.2. The Morgan fingerprint density at radius 1 is 1.60 bits per heavy atom. The van der Waals surface area contributed by atoms with Crippen LogP contribution in [0.2, 0.25) is 0 Å². The van der Waals surface area contributed by atoms with Crippen molar-refractivity contribution in [2.24, 2.45) is 0 Å². The molecule has 2 heterocycles. The monoisotopic (exact) mass is 279 g/mol. The van der Waals surface area contributed by atoms with Crippen molar-refractivity contribution in [3.63, 3.8) is 0 Å². The van der Waals surface area contributed by atoms with Gasteiger partial charge in [-0.3, -0.25) is 14.6 Å². The summed E-state index contributed by atoms with van der Waals surface area (Å²) in [7, 11) is 1.55. The molecule has 1 fully saturated rings. The average Bonchev–Trinajstić information content (AvgIpc) is 2.46. The minimum atomic E-state index is -0.877. The van der Waals surface area contributed by atoms with E-state index in [0.29, 0.717) is 25.4 Å². The summed E-state index contributed by atoms with van der Waals surface area (Å²) in [5.74, 6) is -1.13. The van der Waals surface area contributed by atoms with E-state index >= 15 is 0 Å². The second kappa shape index (κ2) is 6.33. The Balaban J connectivity index is 2.10. The Morgan fingerprint density at radius 3 is 3.10 bits per heavy atom. The Hall–Kier alpha value is -2.15. The SMILES string of the molecule is CNC(=O)c1cc(N2CCOC(CC(=O)O)C2)ccn1. The quantitative estimate of drug-likeness (QED) is 0.813. The molecular weight excluding hydrogens is 262 g/mol. The van der Waals surface area contributed by atoms with Gasteiger partial charge in [0.25, 0.3) is 5.91 Å². The molecule has 0 radical (unpaired) electrons. The fourth-order valence-electron chi connectivity index (χ4n) is 2.14. The topological polar surface area (TPSA) is 91.8 Å². The number of carbonyl (C=O) groups is 2. The standard InChI is InChI=1S/C13H17N3O4/c1-14-13(19)11-6-9(2-3-15-11)16-4-5-20-10(8-16)7-12(17)18/h2-3,6,10H,4-5,7-8H2,1H3,(H,14,19)(H,17,18). The van der Waals surface area contributed by atoms with Gasteiger partial charge >= 0.3 is 5.97 Å². The molecule has 0 aromatic carbocycles. The highest BCUT2D eigenvalue weighted by molar-refractivity contribution is 5.92. The van der Waals surface area contributed by atoms with Crippen LogP contribution in [0.5, 0.6) is 0 Å². The molecule has 0 bridgehead atoms. The Morgan fingerprint density at radius 2 is 2.40 bits per heavy atom. The van der Waals surface area contributed by atoms with Gasteiger partial charge in [0, 0.05) is 32.0 Å². The van der Waals surface area contributed by atoms with Crippen LogP contribution in [-0.4, -0.2) is 54.8 Å². The van der Waals surface area contributed by atoms with Crippen LogP contribution in [0.15, 0.2) is 18.3 Å². The lowest BCUT2D eigenvalue weighted by Crippen LogP contribution is -2.43. The smallest absolute Gasteiger partial charge is 0.306 e. The number of ether oxygens (including phenoxy) is 1. The zero-order valence-electron chi connectivity index (χ0n) is 11.2. The Kier molecular flexibility index (Phi) is 4.52. The number of aromatic nitrogens is 1. The van der Waals surface area contributed by atoms with Gasteiger partial charge in [-0.05, 0) is 12.1 Å². The zero-order chi connectivity index (χ0) is 14.5. The molecule has 7 nitrogen and oxygen atoms in total. The van der Waals surface area contributed by atoms with E-state index in [1.54, 1.807) is 25.4 Å². The molecule has 1 aliphatic heterocycles. The number of anilines is 1. The van der Waals surface area contributed by atoms with Crippen molar-refractivity contribution in [1.82, 2.24) is 10.3 Å². The first-order chi connectivity index (χ1) is 9.60. The van der Waals surface area contributed by atoms with Gasteiger partial charge < -0.3 is 20.1 Å². The minimum absolute atomic E-state index is 0.0239. The molecular formula is C13H17N3O4. The van der Waals surface area contributed by atoms with E-state index in [1.165, 1.54) is 0 Å². The summed E-state index contributed by atoms with van der Waals surface area (Å²) in [6.07, 6.45) is 1.21. The third-order valence-electron chi connectivity index (χ3n) is 3.11. The number of carboxylic acids is 1. The maximum Gasteiger partial charge on any atom is 0.306 e. The van der Waals surface area contributed by atoms with Crippen LogP contribution in [0.4, 0.5) is 5.69 Å². The number of morpholine rings is 1. The molecule has 1 amide bonds. The Bertz CT molecular complexity index is 506. The minimum Gasteiger partial charge on any atom is -0.481 e. The van der Waals surface area contributed by atoms with Crippen LogP contribution in [0, 0.1) is 0 Å². The van der Waals surface area contributed by atoms with Gasteiger partial charge in [0.05, 0.1) is 19.1 Å². The molecule has 0 aliphatic carbocycles. The van der Waals surface area contributed by atoms with E-state index < -0.39 is 5.97 Å². The normalized spacial score (nSPS) is 18.6. The molecule has 1 aromatic heterocycles. The first kappa shape index (κ1) is 14.3. The molecule has 1 atom stereocenters. The summed E-state index contributed by atoms with van der Waals surface area (Å²) < 4.78 is 5.42. The van der Waals surface area contributed by atoms with E-state index in [0.717, 1.165) is 5.69 Å². The molecule has 2 rings (SSSR count). The summed E-state index contributed by atoms with van der Waals surface area (Å²) >= 11 is 0. The van der Waals surface area contributed by atoms with E-state index in [9.17, 15) is 9.59 Å². The molecule has 1 saturated heterocycles. The van der Waals surface area contributed by atoms with Crippen LogP contribution in [-0.2, 0) is 9.53 Å². The van der Waals surface area contributed by atoms with Crippen molar-refractivity contribution >= 4 is 17.6 Å². The van der Waals surface area contributed by atoms with Crippen LogP contribution >= 0.6 is 0 Å². The Labute approximate surface area is 116 Å². The number of hydrogen-bond donors (Lipinski definition) is 2. The van der Waals surface area contributed by atoms with Crippen molar-refractivity contribution in [1.29, 1.82) is 0 Å². The van der Waals surface area contributed by atoms with E-state index in [-0.39, 0.29) is 18.4 Å². The lowest BCUT2D eigenvalue weighted by atomic mass is 10.2. The van der Waals surface area contributed by atoms with Crippen molar-refractivity contribution in [3.8, 4) is 0 Å². The number of hydrogen-bond acceptors (Lipinski definition) is 5. The van der Waals surface area contributed by atoms with E-state index in [1.807, 2.05) is 4.90 Å². The number of aliphatic carboxylic acids is 1. The number of rotatable bonds is 4. The van der Waals surface area contributed by atoms with Crippen molar-refractivity contribution < 1.29 is 19.4 Å².